The second-order valence-corrected chi connectivity index (χ2v) is 7.48. The van der Waals surface area contributed by atoms with Crippen LogP contribution in [0.3, 0.4) is 0 Å². The summed E-state index contributed by atoms with van der Waals surface area (Å²) in [5, 5.41) is 13.2. The lowest BCUT2D eigenvalue weighted by molar-refractivity contribution is 0.0420. The Morgan fingerprint density at radius 2 is 1.75 bits per heavy atom. The molecule has 2 N–H and O–H groups in total. The van der Waals surface area contributed by atoms with Crippen molar-refractivity contribution in [1.82, 2.24) is 10.2 Å². The monoisotopic (exact) mass is 282 g/mol. The van der Waals surface area contributed by atoms with E-state index >= 15 is 0 Å². The molecule has 0 amide bonds. The molecule has 0 radical (unpaired) electrons. The van der Waals surface area contributed by atoms with E-state index < -0.39 is 0 Å². The number of aliphatic hydroxyl groups is 1. The summed E-state index contributed by atoms with van der Waals surface area (Å²) in [4.78, 5) is 2.57. The molecular formula is C17H34N2O. The van der Waals surface area contributed by atoms with E-state index in [4.69, 9.17) is 0 Å². The molecule has 0 aromatic carbocycles. The fraction of sp³-hybridized carbons (Fsp3) is 1.00. The van der Waals surface area contributed by atoms with Crippen molar-refractivity contribution in [1.29, 1.82) is 0 Å². The minimum atomic E-state index is -0.132. The zero-order valence-electron chi connectivity index (χ0n) is 13.6. The van der Waals surface area contributed by atoms with Gasteiger partial charge in [0.25, 0.3) is 0 Å². The van der Waals surface area contributed by atoms with Crippen LogP contribution in [0.5, 0.6) is 0 Å². The van der Waals surface area contributed by atoms with Crippen molar-refractivity contribution in [3.63, 3.8) is 0 Å². The van der Waals surface area contributed by atoms with Crippen LogP contribution < -0.4 is 5.32 Å². The third-order valence-corrected chi connectivity index (χ3v) is 5.55. The number of nitrogens with one attached hydrogen (secondary N) is 1. The Morgan fingerprint density at radius 3 is 2.30 bits per heavy atom. The van der Waals surface area contributed by atoms with Crippen molar-refractivity contribution in [3.8, 4) is 0 Å². The molecule has 0 aromatic rings. The molecule has 1 heterocycles. The van der Waals surface area contributed by atoms with Crippen molar-refractivity contribution in [2.75, 3.05) is 32.8 Å². The molecule has 1 spiro atoms. The van der Waals surface area contributed by atoms with Gasteiger partial charge in [0, 0.05) is 6.54 Å². The van der Waals surface area contributed by atoms with Gasteiger partial charge in [-0.25, -0.2) is 0 Å². The standard InChI is InChI=1S/C17H34N2O/c1-3-11-18-16(2,15-20)14-19-12-9-17(10-13-19)7-5-4-6-8-17/h18,20H,3-15H2,1-2H3. The topological polar surface area (TPSA) is 35.5 Å². The van der Waals surface area contributed by atoms with Crippen LogP contribution in [0.4, 0.5) is 0 Å². The molecule has 2 fully saturated rings. The number of aliphatic hydroxyl groups excluding tert-OH is 1. The van der Waals surface area contributed by atoms with Crippen molar-refractivity contribution >= 4 is 0 Å². The van der Waals surface area contributed by atoms with Crippen LogP contribution in [0.25, 0.3) is 0 Å². The number of hydrogen-bond acceptors (Lipinski definition) is 3. The summed E-state index contributed by atoms with van der Waals surface area (Å²) in [5.74, 6) is 0. The first-order chi connectivity index (χ1) is 9.61. The van der Waals surface area contributed by atoms with E-state index in [1.54, 1.807) is 0 Å². The highest BCUT2D eigenvalue weighted by atomic mass is 16.3. The maximum absolute atomic E-state index is 9.70. The molecular weight excluding hydrogens is 248 g/mol. The fourth-order valence-corrected chi connectivity index (χ4v) is 4.07. The van der Waals surface area contributed by atoms with Gasteiger partial charge in [0.2, 0.25) is 0 Å². The Hall–Kier alpha value is -0.120. The maximum Gasteiger partial charge on any atom is 0.0623 e. The SMILES string of the molecule is CCCNC(C)(CO)CN1CCC2(CCCCC2)CC1. The summed E-state index contributed by atoms with van der Waals surface area (Å²) in [6.45, 7) is 9.00. The lowest BCUT2D eigenvalue weighted by Crippen LogP contribution is -2.56. The average Bonchev–Trinajstić information content (AvgIpc) is 2.49. The fourth-order valence-electron chi connectivity index (χ4n) is 4.07. The van der Waals surface area contributed by atoms with E-state index in [1.807, 2.05) is 0 Å². The minimum absolute atomic E-state index is 0.132. The summed E-state index contributed by atoms with van der Waals surface area (Å²) in [5.41, 5.74) is 0.550. The van der Waals surface area contributed by atoms with Crippen LogP contribution in [-0.4, -0.2) is 48.3 Å². The molecule has 1 atom stereocenters. The largest absolute Gasteiger partial charge is 0.394 e. The zero-order chi connectivity index (χ0) is 14.5. The lowest BCUT2D eigenvalue weighted by atomic mass is 9.68. The van der Waals surface area contributed by atoms with E-state index in [-0.39, 0.29) is 12.1 Å². The van der Waals surface area contributed by atoms with E-state index in [1.165, 1.54) is 58.0 Å². The molecule has 1 aliphatic carbocycles. The highest BCUT2D eigenvalue weighted by Gasteiger charge is 2.37. The van der Waals surface area contributed by atoms with E-state index in [9.17, 15) is 5.11 Å². The summed E-state index contributed by atoms with van der Waals surface area (Å²) < 4.78 is 0. The van der Waals surface area contributed by atoms with Gasteiger partial charge in [-0.3, -0.25) is 0 Å². The second kappa shape index (κ2) is 7.24. The summed E-state index contributed by atoms with van der Waals surface area (Å²) >= 11 is 0. The molecule has 118 valence electrons. The summed E-state index contributed by atoms with van der Waals surface area (Å²) in [6.07, 6.45) is 11.2. The van der Waals surface area contributed by atoms with Gasteiger partial charge in [0.1, 0.15) is 0 Å². The number of piperidine rings is 1. The Kier molecular flexibility index (Phi) is 5.88. The molecule has 3 nitrogen and oxygen atoms in total. The maximum atomic E-state index is 9.70. The smallest absolute Gasteiger partial charge is 0.0623 e. The predicted molar refractivity (Wildman–Crippen MR) is 85.0 cm³/mol. The predicted octanol–water partition coefficient (Wildman–Crippen LogP) is 2.78. The minimum Gasteiger partial charge on any atom is -0.394 e. The molecule has 20 heavy (non-hydrogen) atoms. The highest BCUT2D eigenvalue weighted by Crippen LogP contribution is 2.44. The molecule has 0 bridgehead atoms. The van der Waals surface area contributed by atoms with Gasteiger partial charge in [-0.05, 0) is 64.1 Å². The number of rotatable bonds is 6. The molecule has 1 saturated heterocycles. The molecule has 3 heteroatoms. The molecule has 2 aliphatic rings. The second-order valence-electron chi connectivity index (χ2n) is 7.48. The number of hydrogen-bond donors (Lipinski definition) is 2. The zero-order valence-corrected chi connectivity index (χ0v) is 13.6. The quantitative estimate of drug-likeness (QED) is 0.786. The van der Waals surface area contributed by atoms with Crippen LogP contribution in [0.15, 0.2) is 0 Å². The summed E-state index contributed by atoms with van der Waals surface area (Å²) in [7, 11) is 0. The number of nitrogens with zero attached hydrogens (tertiary/aromatic N) is 1. The molecule has 1 saturated carbocycles. The Labute approximate surface area is 125 Å². The molecule has 1 unspecified atom stereocenters. The van der Waals surface area contributed by atoms with Gasteiger partial charge < -0.3 is 15.3 Å². The van der Waals surface area contributed by atoms with Crippen LogP contribution >= 0.6 is 0 Å². The first-order valence-electron chi connectivity index (χ1n) is 8.70. The van der Waals surface area contributed by atoms with Gasteiger partial charge in [-0.15, -0.1) is 0 Å². The van der Waals surface area contributed by atoms with Gasteiger partial charge in [0.05, 0.1) is 12.1 Å². The van der Waals surface area contributed by atoms with Crippen molar-refractivity contribution in [3.05, 3.63) is 0 Å². The molecule has 1 aliphatic heterocycles. The van der Waals surface area contributed by atoms with Gasteiger partial charge in [-0.2, -0.15) is 0 Å². The van der Waals surface area contributed by atoms with Crippen molar-refractivity contribution < 1.29 is 5.11 Å². The Balaban J connectivity index is 1.80. The Morgan fingerprint density at radius 1 is 1.10 bits per heavy atom. The average molecular weight is 282 g/mol. The lowest BCUT2D eigenvalue weighted by Gasteiger charge is -2.46. The van der Waals surface area contributed by atoms with Crippen molar-refractivity contribution in [2.24, 2.45) is 5.41 Å². The van der Waals surface area contributed by atoms with E-state index in [2.05, 4.69) is 24.1 Å². The summed E-state index contributed by atoms with van der Waals surface area (Å²) in [6, 6.07) is 0. The van der Waals surface area contributed by atoms with Crippen LogP contribution in [0.1, 0.15) is 65.2 Å². The van der Waals surface area contributed by atoms with Crippen LogP contribution in [0.2, 0.25) is 0 Å². The normalized spacial score (nSPS) is 26.6. The van der Waals surface area contributed by atoms with Gasteiger partial charge in [-0.1, -0.05) is 26.2 Å². The van der Waals surface area contributed by atoms with Gasteiger partial charge >= 0.3 is 0 Å². The third-order valence-electron chi connectivity index (χ3n) is 5.55. The molecule has 2 rings (SSSR count). The highest BCUT2D eigenvalue weighted by molar-refractivity contribution is 4.92. The van der Waals surface area contributed by atoms with E-state index in [0.717, 1.165) is 19.5 Å². The Bertz CT molecular complexity index is 279. The van der Waals surface area contributed by atoms with Crippen molar-refractivity contribution in [2.45, 2.75) is 70.8 Å². The number of likely N-dealkylation sites (tertiary alicyclic amines) is 1. The third kappa shape index (κ3) is 4.19. The first kappa shape index (κ1) is 16.3. The molecule has 0 aromatic heterocycles. The van der Waals surface area contributed by atoms with Gasteiger partial charge in [0.15, 0.2) is 0 Å². The van der Waals surface area contributed by atoms with Crippen LogP contribution in [0, 0.1) is 5.41 Å². The van der Waals surface area contributed by atoms with Crippen LogP contribution in [-0.2, 0) is 0 Å². The first-order valence-corrected chi connectivity index (χ1v) is 8.70. The van der Waals surface area contributed by atoms with E-state index in [0.29, 0.717) is 5.41 Å².